The fourth-order valence-corrected chi connectivity index (χ4v) is 3.35. The number of nitrogens with zero attached hydrogens (tertiary/aromatic N) is 1. The van der Waals surface area contributed by atoms with Crippen LogP contribution in [0.1, 0.15) is 24.5 Å². The lowest BCUT2D eigenvalue weighted by atomic mass is 9.72. The molecule has 2 aromatic carbocycles. The molecule has 0 aliphatic carbocycles. The standard InChI is InChI=1S/C18H19NO2/c1-13-12-18(17(21)19(13)2,14-8-4-3-5-9-14)15-10-6-7-11-16(15)20/h3-11,13,20H,12H2,1-2H3. The molecule has 3 nitrogen and oxygen atoms in total. The molecule has 1 aliphatic rings. The number of rotatable bonds is 2. The van der Waals surface area contributed by atoms with Crippen LogP contribution >= 0.6 is 0 Å². The molecule has 108 valence electrons. The van der Waals surface area contributed by atoms with E-state index in [-0.39, 0.29) is 17.7 Å². The second kappa shape index (κ2) is 4.92. The monoisotopic (exact) mass is 281 g/mol. The molecule has 1 amide bonds. The smallest absolute Gasteiger partial charge is 0.237 e. The summed E-state index contributed by atoms with van der Waals surface area (Å²) in [6, 6.07) is 17.0. The van der Waals surface area contributed by atoms with E-state index in [4.69, 9.17) is 0 Å². The lowest BCUT2D eigenvalue weighted by Gasteiger charge is -2.29. The maximum absolute atomic E-state index is 13.0. The summed E-state index contributed by atoms with van der Waals surface area (Å²) in [4.78, 5) is 14.8. The molecule has 1 N–H and O–H groups in total. The Kier molecular flexibility index (Phi) is 3.20. The number of likely N-dealkylation sites (tertiary alicyclic amines) is 1. The number of aromatic hydroxyl groups is 1. The van der Waals surface area contributed by atoms with Crippen LogP contribution in [0.2, 0.25) is 0 Å². The van der Waals surface area contributed by atoms with Crippen molar-refractivity contribution in [1.82, 2.24) is 4.90 Å². The average molecular weight is 281 g/mol. The number of amides is 1. The molecule has 0 saturated carbocycles. The first-order valence-electron chi connectivity index (χ1n) is 7.18. The van der Waals surface area contributed by atoms with Crippen molar-refractivity contribution in [3.63, 3.8) is 0 Å². The Hall–Kier alpha value is -2.29. The molecule has 21 heavy (non-hydrogen) atoms. The molecule has 0 aromatic heterocycles. The third-order valence-corrected chi connectivity index (χ3v) is 4.58. The van der Waals surface area contributed by atoms with Gasteiger partial charge >= 0.3 is 0 Å². The minimum atomic E-state index is -0.791. The van der Waals surface area contributed by atoms with E-state index in [2.05, 4.69) is 0 Å². The topological polar surface area (TPSA) is 40.5 Å². The minimum absolute atomic E-state index is 0.0442. The molecular weight excluding hydrogens is 262 g/mol. The van der Waals surface area contributed by atoms with Crippen molar-refractivity contribution >= 4 is 5.91 Å². The van der Waals surface area contributed by atoms with E-state index in [0.29, 0.717) is 12.0 Å². The summed E-state index contributed by atoms with van der Waals surface area (Å²) < 4.78 is 0. The zero-order valence-corrected chi connectivity index (χ0v) is 12.3. The molecule has 3 rings (SSSR count). The highest BCUT2D eigenvalue weighted by atomic mass is 16.3. The number of hydrogen-bond acceptors (Lipinski definition) is 2. The summed E-state index contributed by atoms with van der Waals surface area (Å²) in [5, 5.41) is 10.3. The molecule has 1 aliphatic heterocycles. The van der Waals surface area contributed by atoms with Gasteiger partial charge in [0.25, 0.3) is 0 Å². The van der Waals surface area contributed by atoms with E-state index in [0.717, 1.165) is 5.56 Å². The molecule has 0 radical (unpaired) electrons. The van der Waals surface area contributed by atoms with Crippen molar-refractivity contribution in [1.29, 1.82) is 0 Å². The fourth-order valence-electron chi connectivity index (χ4n) is 3.35. The lowest BCUT2D eigenvalue weighted by molar-refractivity contribution is -0.130. The van der Waals surface area contributed by atoms with E-state index in [1.165, 1.54) is 0 Å². The molecule has 2 atom stereocenters. The van der Waals surface area contributed by atoms with Crippen LogP contribution in [0.5, 0.6) is 5.75 Å². The second-order valence-corrected chi connectivity index (χ2v) is 5.76. The number of carbonyl (C=O) groups excluding carboxylic acids is 1. The second-order valence-electron chi connectivity index (χ2n) is 5.76. The van der Waals surface area contributed by atoms with Gasteiger partial charge in [0, 0.05) is 18.7 Å². The molecule has 1 saturated heterocycles. The Morgan fingerprint density at radius 1 is 1.10 bits per heavy atom. The number of hydrogen-bond donors (Lipinski definition) is 1. The van der Waals surface area contributed by atoms with Crippen molar-refractivity contribution in [3.8, 4) is 5.75 Å². The summed E-state index contributed by atoms with van der Waals surface area (Å²) in [6.45, 7) is 2.04. The molecule has 0 bridgehead atoms. The summed E-state index contributed by atoms with van der Waals surface area (Å²) in [6.07, 6.45) is 0.671. The van der Waals surface area contributed by atoms with E-state index in [1.54, 1.807) is 17.0 Å². The number of phenols is 1. The first-order valence-corrected chi connectivity index (χ1v) is 7.18. The SMILES string of the molecule is CC1CC(c2ccccc2)(c2ccccc2O)C(=O)N1C. The number of likely N-dealkylation sites (N-methyl/N-ethyl adjacent to an activating group) is 1. The van der Waals surface area contributed by atoms with Gasteiger partial charge in [-0.2, -0.15) is 0 Å². The van der Waals surface area contributed by atoms with Gasteiger partial charge in [-0.05, 0) is 25.0 Å². The number of carbonyl (C=O) groups is 1. The van der Waals surface area contributed by atoms with Gasteiger partial charge in [-0.15, -0.1) is 0 Å². The van der Waals surface area contributed by atoms with Crippen LogP contribution in [0.4, 0.5) is 0 Å². The average Bonchev–Trinajstić information content (AvgIpc) is 2.74. The zero-order valence-electron chi connectivity index (χ0n) is 12.3. The minimum Gasteiger partial charge on any atom is -0.508 e. The lowest BCUT2D eigenvalue weighted by Crippen LogP contribution is -2.37. The van der Waals surface area contributed by atoms with Gasteiger partial charge in [0.1, 0.15) is 11.2 Å². The predicted octanol–water partition coefficient (Wildman–Crippen LogP) is 2.93. The van der Waals surface area contributed by atoms with E-state index >= 15 is 0 Å². The maximum atomic E-state index is 13.0. The van der Waals surface area contributed by atoms with Gasteiger partial charge in [-0.1, -0.05) is 48.5 Å². The summed E-state index contributed by atoms with van der Waals surface area (Å²) >= 11 is 0. The third-order valence-electron chi connectivity index (χ3n) is 4.58. The Balaban J connectivity index is 2.27. The number of benzene rings is 2. The van der Waals surface area contributed by atoms with Crippen molar-refractivity contribution in [3.05, 3.63) is 65.7 Å². The van der Waals surface area contributed by atoms with Crippen molar-refractivity contribution in [2.24, 2.45) is 0 Å². The first kappa shape index (κ1) is 13.7. The summed E-state index contributed by atoms with van der Waals surface area (Å²) in [5.74, 6) is 0.222. The van der Waals surface area contributed by atoms with Gasteiger partial charge in [-0.25, -0.2) is 0 Å². The van der Waals surface area contributed by atoms with Crippen LogP contribution in [0.15, 0.2) is 54.6 Å². The summed E-state index contributed by atoms with van der Waals surface area (Å²) in [7, 11) is 1.83. The summed E-state index contributed by atoms with van der Waals surface area (Å²) in [5.41, 5.74) is 0.839. The van der Waals surface area contributed by atoms with Crippen molar-refractivity contribution < 1.29 is 9.90 Å². The van der Waals surface area contributed by atoms with Crippen molar-refractivity contribution in [2.45, 2.75) is 24.8 Å². The van der Waals surface area contributed by atoms with Crippen LogP contribution in [-0.4, -0.2) is 29.0 Å². The van der Waals surface area contributed by atoms with Crippen molar-refractivity contribution in [2.75, 3.05) is 7.05 Å². The largest absolute Gasteiger partial charge is 0.508 e. The van der Waals surface area contributed by atoms with Crippen LogP contribution < -0.4 is 0 Å². The van der Waals surface area contributed by atoms with Gasteiger partial charge in [0.2, 0.25) is 5.91 Å². The normalized spacial score (nSPS) is 25.3. The Labute approximate surface area is 124 Å². The van der Waals surface area contributed by atoms with Gasteiger partial charge < -0.3 is 10.0 Å². The molecule has 2 unspecified atom stereocenters. The van der Waals surface area contributed by atoms with Crippen LogP contribution in [0.3, 0.4) is 0 Å². The van der Waals surface area contributed by atoms with E-state index in [9.17, 15) is 9.90 Å². The highest BCUT2D eigenvalue weighted by molar-refractivity contribution is 5.95. The van der Waals surface area contributed by atoms with Gasteiger partial charge in [0.15, 0.2) is 0 Å². The molecular formula is C18H19NO2. The molecule has 1 fully saturated rings. The van der Waals surface area contributed by atoms with Crippen LogP contribution in [0, 0.1) is 0 Å². The molecule has 2 aromatic rings. The predicted molar refractivity (Wildman–Crippen MR) is 82.2 cm³/mol. The highest BCUT2D eigenvalue weighted by Gasteiger charge is 2.52. The maximum Gasteiger partial charge on any atom is 0.237 e. The quantitative estimate of drug-likeness (QED) is 0.919. The molecule has 3 heteroatoms. The van der Waals surface area contributed by atoms with Crippen LogP contribution in [0.25, 0.3) is 0 Å². The Morgan fingerprint density at radius 3 is 2.29 bits per heavy atom. The van der Waals surface area contributed by atoms with E-state index in [1.807, 2.05) is 56.4 Å². The molecule has 1 heterocycles. The Bertz CT molecular complexity index is 668. The van der Waals surface area contributed by atoms with E-state index < -0.39 is 5.41 Å². The van der Waals surface area contributed by atoms with Gasteiger partial charge in [-0.3, -0.25) is 4.79 Å². The number of para-hydroxylation sites is 1. The number of phenolic OH excluding ortho intramolecular Hbond substituents is 1. The highest BCUT2D eigenvalue weighted by Crippen LogP contribution is 2.46. The first-order chi connectivity index (χ1) is 10.1. The molecule has 0 spiro atoms. The Morgan fingerprint density at radius 2 is 1.71 bits per heavy atom. The van der Waals surface area contributed by atoms with Gasteiger partial charge in [0.05, 0.1) is 0 Å². The fraction of sp³-hybridized carbons (Fsp3) is 0.278. The third kappa shape index (κ3) is 1.92. The van der Waals surface area contributed by atoms with Crippen LogP contribution in [-0.2, 0) is 10.2 Å². The zero-order chi connectivity index (χ0) is 15.0.